The minimum absolute atomic E-state index is 0.0668. The van der Waals surface area contributed by atoms with Crippen molar-refractivity contribution in [2.75, 3.05) is 81.9 Å². The van der Waals surface area contributed by atoms with Gasteiger partial charge in [-0.1, -0.05) is 72.8 Å². The van der Waals surface area contributed by atoms with Gasteiger partial charge in [0.2, 0.25) is 11.8 Å². The highest BCUT2D eigenvalue weighted by atomic mass is 16.5. The molecular formula is C52H62N8O6. The van der Waals surface area contributed by atoms with Gasteiger partial charge in [0, 0.05) is 49.6 Å². The van der Waals surface area contributed by atoms with Crippen LogP contribution in [0.3, 0.4) is 0 Å². The number of benzene rings is 4. The highest BCUT2D eigenvalue weighted by Gasteiger charge is 2.38. The van der Waals surface area contributed by atoms with Crippen LogP contribution in [0, 0.1) is 0 Å². The van der Waals surface area contributed by atoms with Crippen LogP contribution in [0.2, 0.25) is 0 Å². The van der Waals surface area contributed by atoms with Crippen LogP contribution in [0.25, 0.3) is 33.6 Å². The zero-order valence-corrected chi connectivity index (χ0v) is 38.9. The van der Waals surface area contributed by atoms with Crippen LogP contribution in [0.4, 0.5) is 0 Å². The minimum atomic E-state index is -0.392. The lowest BCUT2D eigenvalue weighted by molar-refractivity contribution is -0.138. The lowest BCUT2D eigenvalue weighted by atomic mass is 9.98. The molecule has 14 heteroatoms. The number of nitrogens with one attached hydrogen (secondary N) is 2. The first-order valence-corrected chi connectivity index (χ1v) is 22.8. The summed E-state index contributed by atoms with van der Waals surface area (Å²) in [6.45, 7) is 2.83. The van der Waals surface area contributed by atoms with Gasteiger partial charge in [-0.2, -0.15) is 0 Å². The standard InChI is InChI=1S/C52H62N8O6/c1-57(2)47(35-15-9-7-10-16-35)51(61)59-25-13-19-43(59)49-53-33-41(55-49)37-21-23-39(45(31-37)65-29-27-63-5)40-24-22-38(32-46(40)66-30-28-64-6)42-34-54-50(56-42)44-20-14-26-60(44)52(62)48(58(3)4)36-17-11-8-12-18-36/h7-12,15-18,21-24,31-34,43-44,47-48H,13-14,19-20,25-30H2,1-6H3,(H,53,55)(H,54,56)/t43-,44-,47+,48+/m0/s1. The third-order valence-corrected chi connectivity index (χ3v) is 12.6. The highest BCUT2D eigenvalue weighted by Crippen LogP contribution is 2.42. The molecule has 0 saturated carbocycles. The molecule has 346 valence electrons. The number of aromatic amines is 2. The van der Waals surface area contributed by atoms with Crippen molar-refractivity contribution in [1.29, 1.82) is 0 Å². The molecule has 4 atom stereocenters. The number of amides is 2. The lowest BCUT2D eigenvalue weighted by Gasteiger charge is -2.31. The number of imidazole rings is 2. The van der Waals surface area contributed by atoms with Crippen molar-refractivity contribution >= 4 is 11.8 Å². The summed E-state index contributed by atoms with van der Waals surface area (Å²) < 4.78 is 23.6. The van der Waals surface area contributed by atoms with E-state index in [0.29, 0.717) is 51.0 Å². The largest absolute Gasteiger partial charge is 0.491 e. The summed E-state index contributed by atoms with van der Waals surface area (Å²) in [6, 6.07) is 31.0. The molecule has 66 heavy (non-hydrogen) atoms. The van der Waals surface area contributed by atoms with Crippen molar-refractivity contribution in [2.24, 2.45) is 0 Å². The molecule has 2 fully saturated rings. The molecule has 4 heterocycles. The van der Waals surface area contributed by atoms with Crippen molar-refractivity contribution in [3.8, 4) is 45.1 Å². The summed E-state index contributed by atoms with van der Waals surface area (Å²) in [5.74, 6) is 2.96. The molecule has 0 spiro atoms. The van der Waals surface area contributed by atoms with Gasteiger partial charge in [0.1, 0.15) is 48.4 Å². The van der Waals surface area contributed by atoms with Crippen molar-refractivity contribution in [2.45, 2.75) is 49.9 Å². The van der Waals surface area contributed by atoms with Crippen molar-refractivity contribution in [3.05, 3.63) is 132 Å². The first-order chi connectivity index (χ1) is 32.2. The molecule has 0 unspecified atom stereocenters. The second kappa shape index (κ2) is 21.3. The van der Waals surface area contributed by atoms with Gasteiger partial charge in [-0.05, 0) is 89.3 Å². The van der Waals surface area contributed by atoms with E-state index in [1.165, 1.54) is 0 Å². The Labute approximate surface area is 387 Å². The van der Waals surface area contributed by atoms with Crippen molar-refractivity contribution in [3.63, 3.8) is 0 Å². The van der Waals surface area contributed by atoms with Crippen LogP contribution in [0.1, 0.15) is 72.6 Å². The number of aromatic nitrogens is 4. The molecule has 2 aliphatic rings. The summed E-state index contributed by atoms with van der Waals surface area (Å²) in [5, 5.41) is 0. The molecule has 4 aromatic carbocycles. The van der Waals surface area contributed by atoms with Gasteiger partial charge in [0.15, 0.2) is 0 Å². The molecular weight excluding hydrogens is 833 g/mol. The van der Waals surface area contributed by atoms with Crippen molar-refractivity contribution < 1.29 is 28.5 Å². The molecule has 6 aromatic rings. The number of carbonyl (C=O) groups is 2. The Kier molecular flexibility index (Phi) is 14.9. The number of carbonyl (C=O) groups excluding carboxylic acids is 2. The average molecular weight is 895 g/mol. The molecule has 2 aliphatic heterocycles. The zero-order chi connectivity index (χ0) is 46.2. The smallest absolute Gasteiger partial charge is 0.245 e. The van der Waals surface area contributed by atoms with E-state index in [9.17, 15) is 9.59 Å². The second-order valence-electron chi connectivity index (χ2n) is 17.4. The number of nitrogens with zero attached hydrogens (tertiary/aromatic N) is 6. The maximum atomic E-state index is 14.2. The monoisotopic (exact) mass is 894 g/mol. The molecule has 2 aromatic heterocycles. The third kappa shape index (κ3) is 10.1. The predicted octanol–water partition coefficient (Wildman–Crippen LogP) is 8.12. The van der Waals surface area contributed by atoms with E-state index in [1.807, 2.05) is 157 Å². The SMILES string of the molecule is COCCOc1cc(-c2cnc([C@@H]3CCCN3C(=O)[C@@H](c3ccccc3)N(C)C)[nH]2)ccc1-c1ccc(-c2cnc([C@@H]3CCCN3C(=O)[C@@H](c3ccccc3)N(C)C)[nH]2)cc1OCCOC. The first-order valence-electron chi connectivity index (χ1n) is 22.8. The number of H-pyrrole nitrogens is 2. The van der Waals surface area contributed by atoms with E-state index in [-0.39, 0.29) is 23.9 Å². The van der Waals surface area contributed by atoms with Gasteiger partial charge >= 0.3 is 0 Å². The summed E-state index contributed by atoms with van der Waals surface area (Å²) in [6.07, 6.45) is 7.11. The van der Waals surface area contributed by atoms with E-state index in [2.05, 4.69) is 9.97 Å². The summed E-state index contributed by atoms with van der Waals surface area (Å²) in [4.78, 5) is 53.0. The average Bonchev–Trinajstić information content (AvgIpc) is 4.17. The summed E-state index contributed by atoms with van der Waals surface area (Å²) in [5.41, 5.74) is 7.04. The molecule has 2 N–H and O–H groups in total. The van der Waals surface area contributed by atoms with Gasteiger partial charge in [0.25, 0.3) is 0 Å². The van der Waals surface area contributed by atoms with Gasteiger partial charge in [-0.25, -0.2) is 9.97 Å². The molecule has 2 amide bonds. The van der Waals surface area contributed by atoms with Crippen LogP contribution in [0.5, 0.6) is 11.5 Å². The molecule has 14 nitrogen and oxygen atoms in total. The minimum Gasteiger partial charge on any atom is -0.491 e. The van der Waals surface area contributed by atoms with Crippen LogP contribution >= 0.6 is 0 Å². The molecule has 0 radical (unpaired) electrons. The summed E-state index contributed by atoms with van der Waals surface area (Å²) >= 11 is 0. The van der Waals surface area contributed by atoms with Gasteiger partial charge in [0.05, 0.1) is 49.1 Å². The Morgan fingerprint density at radius 2 is 1.02 bits per heavy atom. The highest BCUT2D eigenvalue weighted by molar-refractivity contribution is 5.85. The number of methoxy groups -OCH3 is 2. The maximum Gasteiger partial charge on any atom is 0.245 e. The molecule has 8 rings (SSSR count). The van der Waals surface area contributed by atoms with Gasteiger partial charge < -0.3 is 38.7 Å². The van der Waals surface area contributed by atoms with Gasteiger partial charge in [-0.3, -0.25) is 19.4 Å². The van der Waals surface area contributed by atoms with Crippen LogP contribution in [0.15, 0.2) is 109 Å². The number of rotatable bonds is 19. The Morgan fingerprint density at radius 1 is 0.606 bits per heavy atom. The Morgan fingerprint density at radius 3 is 1.39 bits per heavy atom. The van der Waals surface area contributed by atoms with Crippen LogP contribution < -0.4 is 9.47 Å². The first kappa shape index (κ1) is 46.2. The number of hydrogen-bond acceptors (Lipinski definition) is 10. The quantitative estimate of drug-likeness (QED) is 0.0767. The number of likely N-dealkylation sites (N-methyl/N-ethyl adjacent to an activating group) is 2. The van der Waals surface area contributed by atoms with E-state index in [4.69, 9.17) is 28.9 Å². The Bertz CT molecular complexity index is 2370. The van der Waals surface area contributed by atoms with Crippen molar-refractivity contribution in [1.82, 2.24) is 39.5 Å². The number of likely N-dealkylation sites (tertiary alicyclic amines) is 2. The Hall–Kier alpha value is -6.32. The molecule has 2 saturated heterocycles. The van der Waals surface area contributed by atoms with Crippen LogP contribution in [-0.4, -0.2) is 133 Å². The fourth-order valence-corrected chi connectivity index (χ4v) is 9.38. The fraction of sp³-hybridized carbons (Fsp3) is 0.385. The normalized spacial score (nSPS) is 17.2. The number of hydrogen-bond donors (Lipinski definition) is 2. The maximum absolute atomic E-state index is 14.2. The van der Waals surface area contributed by atoms with E-state index in [1.54, 1.807) is 14.2 Å². The fourth-order valence-electron chi connectivity index (χ4n) is 9.38. The summed E-state index contributed by atoms with van der Waals surface area (Å²) in [7, 11) is 11.1. The lowest BCUT2D eigenvalue weighted by Crippen LogP contribution is -2.40. The van der Waals surface area contributed by atoms with E-state index in [0.717, 1.165) is 82.1 Å². The molecule has 0 bridgehead atoms. The number of ether oxygens (including phenoxy) is 4. The zero-order valence-electron chi connectivity index (χ0n) is 38.9. The predicted molar refractivity (Wildman–Crippen MR) is 255 cm³/mol. The van der Waals surface area contributed by atoms with E-state index >= 15 is 0 Å². The van der Waals surface area contributed by atoms with Crippen LogP contribution in [-0.2, 0) is 19.1 Å². The second-order valence-corrected chi connectivity index (χ2v) is 17.4. The molecule has 0 aliphatic carbocycles. The Balaban J connectivity index is 1.06. The topological polar surface area (TPSA) is 141 Å². The third-order valence-electron chi connectivity index (χ3n) is 12.6. The van der Waals surface area contributed by atoms with Gasteiger partial charge in [-0.15, -0.1) is 0 Å². The van der Waals surface area contributed by atoms with E-state index < -0.39 is 12.1 Å².